The Morgan fingerprint density at radius 1 is 1.35 bits per heavy atom. The van der Waals surface area contributed by atoms with Gasteiger partial charge in [0.25, 0.3) is 0 Å². The summed E-state index contributed by atoms with van der Waals surface area (Å²) in [5, 5.41) is 0. The Balaban J connectivity index is 2.09. The van der Waals surface area contributed by atoms with Crippen LogP contribution in [0.3, 0.4) is 0 Å². The average Bonchev–Trinajstić information content (AvgIpc) is 2.78. The number of hydrogen-bond donors (Lipinski definition) is 1. The van der Waals surface area contributed by atoms with Gasteiger partial charge in [0, 0.05) is 12.6 Å². The van der Waals surface area contributed by atoms with Crippen LogP contribution in [0.25, 0.3) is 0 Å². The summed E-state index contributed by atoms with van der Waals surface area (Å²) in [6, 6.07) is 7.27. The highest BCUT2D eigenvalue weighted by atomic mass is 16.6. The monoisotopic (exact) mass is 234 g/mol. The van der Waals surface area contributed by atoms with Crippen molar-refractivity contribution >= 4 is 0 Å². The Hall–Kier alpha value is -2.01. The number of benzene rings is 1. The summed E-state index contributed by atoms with van der Waals surface area (Å²) in [7, 11) is 0. The summed E-state index contributed by atoms with van der Waals surface area (Å²) < 4.78 is 15.9. The molecule has 0 amide bonds. The van der Waals surface area contributed by atoms with Gasteiger partial charge in [-0.05, 0) is 19.1 Å². The van der Waals surface area contributed by atoms with E-state index < -0.39 is 0 Å². The minimum Gasteiger partial charge on any atom is -0.494 e. The molecule has 1 aromatic heterocycles. The Kier molecular flexibility index (Phi) is 3.62. The smallest absolute Gasteiger partial charge is 0.399 e. The van der Waals surface area contributed by atoms with Crippen LogP contribution in [0.4, 0.5) is 0 Å². The maximum Gasteiger partial charge on any atom is 0.399 e. The van der Waals surface area contributed by atoms with Gasteiger partial charge in [0.1, 0.15) is 17.8 Å². The molecule has 5 nitrogen and oxygen atoms in total. The zero-order valence-electron chi connectivity index (χ0n) is 9.55. The van der Waals surface area contributed by atoms with E-state index in [-0.39, 0.29) is 6.08 Å². The first-order valence-corrected chi connectivity index (χ1v) is 5.37. The minimum atomic E-state index is 0.180. The molecule has 0 aliphatic carbocycles. The van der Waals surface area contributed by atoms with Crippen molar-refractivity contribution in [3.8, 4) is 17.6 Å². The van der Waals surface area contributed by atoms with Crippen LogP contribution in [0.5, 0.6) is 17.6 Å². The average molecular weight is 234 g/mol. The van der Waals surface area contributed by atoms with Crippen molar-refractivity contribution in [2.75, 3.05) is 6.61 Å². The van der Waals surface area contributed by atoms with Crippen molar-refractivity contribution in [3.63, 3.8) is 0 Å². The van der Waals surface area contributed by atoms with Gasteiger partial charge in [-0.25, -0.2) is 0 Å². The van der Waals surface area contributed by atoms with Gasteiger partial charge in [-0.1, -0.05) is 6.07 Å². The third-order valence-electron chi connectivity index (χ3n) is 2.06. The largest absolute Gasteiger partial charge is 0.494 e. The molecule has 0 unspecified atom stereocenters. The fourth-order valence-corrected chi connectivity index (χ4v) is 1.32. The molecule has 0 spiro atoms. The standard InChI is InChI=1S/C12H14N2O3/c1-2-15-10-4-3-5-11(6-10)17-12-14-9(7-13)8-16-12/h3-6,8H,2,7,13H2,1H3. The van der Waals surface area contributed by atoms with Crippen LogP contribution in [-0.4, -0.2) is 11.6 Å². The maximum absolute atomic E-state index is 5.43. The molecule has 0 saturated heterocycles. The van der Waals surface area contributed by atoms with Gasteiger partial charge in [-0.2, -0.15) is 4.98 Å². The van der Waals surface area contributed by atoms with Crippen molar-refractivity contribution in [2.24, 2.45) is 5.73 Å². The van der Waals surface area contributed by atoms with E-state index >= 15 is 0 Å². The highest BCUT2D eigenvalue weighted by Gasteiger charge is 2.05. The first-order chi connectivity index (χ1) is 8.31. The minimum absolute atomic E-state index is 0.180. The lowest BCUT2D eigenvalue weighted by Crippen LogP contribution is -1.96. The Labute approximate surface area is 99.2 Å². The zero-order valence-corrected chi connectivity index (χ0v) is 9.55. The molecule has 2 rings (SSSR count). The molecule has 0 radical (unpaired) electrons. The summed E-state index contributed by atoms with van der Waals surface area (Å²) in [6.07, 6.45) is 1.65. The molecule has 0 atom stereocenters. The quantitative estimate of drug-likeness (QED) is 0.859. The molecule has 5 heteroatoms. The van der Waals surface area contributed by atoms with Gasteiger partial charge in [0.2, 0.25) is 0 Å². The normalized spacial score (nSPS) is 10.2. The molecule has 0 aliphatic rings. The van der Waals surface area contributed by atoms with Crippen LogP contribution in [-0.2, 0) is 6.54 Å². The molecule has 0 aliphatic heterocycles. The van der Waals surface area contributed by atoms with E-state index in [4.69, 9.17) is 19.6 Å². The SMILES string of the molecule is CCOc1cccc(Oc2nc(CN)co2)c1. The first-order valence-electron chi connectivity index (χ1n) is 5.37. The lowest BCUT2D eigenvalue weighted by atomic mass is 10.3. The number of rotatable bonds is 5. The summed E-state index contributed by atoms with van der Waals surface area (Å²) in [5.74, 6) is 1.36. The molecule has 0 bridgehead atoms. The predicted octanol–water partition coefficient (Wildman–Crippen LogP) is 2.32. The van der Waals surface area contributed by atoms with E-state index in [0.29, 0.717) is 24.6 Å². The van der Waals surface area contributed by atoms with E-state index in [1.807, 2.05) is 19.1 Å². The number of oxazole rings is 1. The molecular formula is C12H14N2O3. The zero-order chi connectivity index (χ0) is 12.1. The molecule has 0 saturated carbocycles. The molecular weight excluding hydrogens is 220 g/mol. The van der Waals surface area contributed by atoms with Crippen LogP contribution in [0.1, 0.15) is 12.6 Å². The summed E-state index contributed by atoms with van der Waals surface area (Å²) in [5.41, 5.74) is 6.08. The fraction of sp³-hybridized carbons (Fsp3) is 0.250. The van der Waals surface area contributed by atoms with Gasteiger partial charge in [-0.3, -0.25) is 0 Å². The van der Waals surface area contributed by atoms with E-state index in [1.165, 1.54) is 6.26 Å². The van der Waals surface area contributed by atoms with Crippen molar-refractivity contribution in [2.45, 2.75) is 13.5 Å². The highest BCUT2D eigenvalue weighted by molar-refractivity contribution is 5.34. The molecule has 2 N–H and O–H groups in total. The Morgan fingerprint density at radius 2 is 2.18 bits per heavy atom. The van der Waals surface area contributed by atoms with Gasteiger partial charge in [0.15, 0.2) is 0 Å². The fourth-order valence-electron chi connectivity index (χ4n) is 1.32. The van der Waals surface area contributed by atoms with Crippen molar-refractivity contribution in [3.05, 3.63) is 36.2 Å². The van der Waals surface area contributed by atoms with Gasteiger partial charge < -0.3 is 19.6 Å². The third-order valence-corrected chi connectivity index (χ3v) is 2.06. The van der Waals surface area contributed by atoms with Crippen LogP contribution in [0.2, 0.25) is 0 Å². The lowest BCUT2D eigenvalue weighted by molar-refractivity contribution is 0.321. The number of nitrogens with two attached hydrogens (primary N) is 1. The topological polar surface area (TPSA) is 70.5 Å². The van der Waals surface area contributed by atoms with Gasteiger partial charge in [0.05, 0.1) is 12.3 Å². The second-order valence-electron chi connectivity index (χ2n) is 3.32. The maximum atomic E-state index is 5.43. The molecule has 1 heterocycles. The summed E-state index contributed by atoms with van der Waals surface area (Å²) in [4.78, 5) is 4.04. The molecule has 90 valence electrons. The second kappa shape index (κ2) is 5.36. The number of hydrogen-bond acceptors (Lipinski definition) is 5. The number of ether oxygens (including phenoxy) is 2. The Bertz CT molecular complexity index is 482. The Morgan fingerprint density at radius 3 is 2.88 bits per heavy atom. The van der Waals surface area contributed by atoms with E-state index in [9.17, 15) is 0 Å². The number of aromatic nitrogens is 1. The van der Waals surface area contributed by atoms with E-state index in [2.05, 4.69) is 4.98 Å². The van der Waals surface area contributed by atoms with Crippen LogP contribution in [0, 0.1) is 0 Å². The second-order valence-corrected chi connectivity index (χ2v) is 3.32. The molecule has 1 aromatic carbocycles. The van der Waals surface area contributed by atoms with Crippen LogP contribution >= 0.6 is 0 Å². The van der Waals surface area contributed by atoms with Crippen molar-refractivity contribution in [1.29, 1.82) is 0 Å². The molecule has 17 heavy (non-hydrogen) atoms. The van der Waals surface area contributed by atoms with Gasteiger partial charge in [-0.15, -0.1) is 0 Å². The lowest BCUT2D eigenvalue weighted by Gasteiger charge is -2.04. The number of nitrogens with zero attached hydrogens (tertiary/aromatic N) is 1. The summed E-state index contributed by atoms with van der Waals surface area (Å²) >= 11 is 0. The third kappa shape index (κ3) is 2.98. The molecule has 0 fully saturated rings. The highest BCUT2D eigenvalue weighted by Crippen LogP contribution is 2.24. The van der Waals surface area contributed by atoms with Crippen LogP contribution in [0.15, 0.2) is 34.9 Å². The van der Waals surface area contributed by atoms with Crippen LogP contribution < -0.4 is 15.2 Å². The predicted molar refractivity (Wildman–Crippen MR) is 62.1 cm³/mol. The first kappa shape index (κ1) is 11.5. The van der Waals surface area contributed by atoms with E-state index in [0.717, 1.165) is 5.75 Å². The van der Waals surface area contributed by atoms with Gasteiger partial charge >= 0.3 is 6.08 Å². The van der Waals surface area contributed by atoms with Crippen molar-refractivity contribution < 1.29 is 13.9 Å². The summed E-state index contributed by atoms with van der Waals surface area (Å²) in [6.45, 7) is 2.86. The van der Waals surface area contributed by atoms with Crippen molar-refractivity contribution in [1.82, 2.24) is 4.98 Å². The van der Waals surface area contributed by atoms with E-state index in [1.54, 1.807) is 12.1 Å². The molecule has 2 aromatic rings.